The summed E-state index contributed by atoms with van der Waals surface area (Å²) in [5, 5.41) is 10.0. The van der Waals surface area contributed by atoms with Crippen LogP contribution < -0.4 is 5.19 Å². The van der Waals surface area contributed by atoms with Crippen LogP contribution in [0.4, 0.5) is 0 Å². The van der Waals surface area contributed by atoms with Crippen molar-refractivity contribution in [3.63, 3.8) is 0 Å². The van der Waals surface area contributed by atoms with E-state index in [0.29, 0.717) is 0 Å². The van der Waals surface area contributed by atoms with Crippen LogP contribution >= 0.6 is 0 Å². The maximum absolute atomic E-state index is 8.71. The molecule has 0 unspecified atom stereocenters. The number of aliphatic hydroxyl groups excluding tert-OH is 1. The van der Waals surface area contributed by atoms with Crippen LogP contribution in [-0.4, -0.2) is 19.8 Å². The molecule has 1 N–H and O–H groups in total. The second-order valence-corrected chi connectivity index (χ2v) is 8.67. The molecule has 1 nitrogen and oxygen atoms in total. The van der Waals surface area contributed by atoms with E-state index >= 15 is 0 Å². The summed E-state index contributed by atoms with van der Waals surface area (Å²) in [5.74, 6) is 0. The Morgan fingerprint density at radius 3 is 2.56 bits per heavy atom. The Labute approximate surface area is 101 Å². The van der Waals surface area contributed by atoms with Gasteiger partial charge < -0.3 is 5.11 Å². The maximum Gasteiger partial charge on any atom is 0.103 e. The molecule has 1 aromatic carbocycles. The summed E-state index contributed by atoms with van der Waals surface area (Å²) < 4.78 is 8.21. The standard InChI is InChI=1S/C14H22OSi/c1-16(2,13-9-4-3-8-12-15)14-10-6-5-7-11-14/h5-7,9-11,13,15H,3-4,8,12H2,1-2H3/b13-9-/i13D. The third kappa shape index (κ3) is 4.33. The molecule has 16 heavy (non-hydrogen) atoms. The van der Waals surface area contributed by atoms with E-state index in [2.05, 4.69) is 25.2 Å². The summed E-state index contributed by atoms with van der Waals surface area (Å²) in [4.78, 5) is 0. The highest BCUT2D eigenvalue weighted by molar-refractivity contribution is 6.93. The highest BCUT2D eigenvalue weighted by Gasteiger charge is 2.18. The molecule has 0 saturated heterocycles. The fourth-order valence-electron chi connectivity index (χ4n) is 1.62. The molecule has 2 heteroatoms. The first-order chi connectivity index (χ1) is 8.09. The van der Waals surface area contributed by atoms with Crippen molar-refractivity contribution in [3.05, 3.63) is 42.1 Å². The lowest BCUT2D eigenvalue weighted by Crippen LogP contribution is -2.39. The van der Waals surface area contributed by atoms with Crippen molar-refractivity contribution >= 4 is 13.3 Å². The predicted octanol–water partition coefficient (Wildman–Crippen LogP) is 2.86. The zero-order valence-electron chi connectivity index (χ0n) is 11.2. The predicted molar refractivity (Wildman–Crippen MR) is 73.6 cm³/mol. The molecule has 0 heterocycles. The highest BCUT2D eigenvalue weighted by atomic mass is 28.3. The van der Waals surface area contributed by atoms with Crippen molar-refractivity contribution < 1.29 is 6.48 Å². The van der Waals surface area contributed by atoms with Gasteiger partial charge in [0.05, 0.1) is 1.37 Å². The second-order valence-electron chi connectivity index (χ2n) is 4.56. The first-order valence-electron chi connectivity index (χ1n) is 6.42. The van der Waals surface area contributed by atoms with Crippen molar-refractivity contribution in [1.29, 1.82) is 0 Å². The van der Waals surface area contributed by atoms with Gasteiger partial charge in [0.25, 0.3) is 0 Å². The number of rotatable bonds is 6. The molecule has 0 bridgehead atoms. The Morgan fingerprint density at radius 2 is 1.94 bits per heavy atom. The van der Waals surface area contributed by atoms with Crippen LogP contribution in [0.1, 0.15) is 20.6 Å². The van der Waals surface area contributed by atoms with E-state index in [9.17, 15) is 0 Å². The maximum atomic E-state index is 8.71. The lowest BCUT2D eigenvalue weighted by molar-refractivity contribution is 0.285. The average Bonchev–Trinajstić information content (AvgIpc) is 2.35. The Kier molecular flexibility index (Phi) is 4.84. The third-order valence-electron chi connectivity index (χ3n) is 2.71. The van der Waals surface area contributed by atoms with Gasteiger partial charge in [-0.3, -0.25) is 0 Å². The van der Waals surface area contributed by atoms with E-state index in [0.717, 1.165) is 24.9 Å². The Balaban J connectivity index is 2.69. The van der Waals surface area contributed by atoms with Gasteiger partial charge in [0.2, 0.25) is 0 Å². The van der Waals surface area contributed by atoms with Gasteiger partial charge in [-0.2, -0.15) is 0 Å². The van der Waals surface area contributed by atoms with Gasteiger partial charge in [-0.1, -0.05) is 60.4 Å². The fraction of sp³-hybridized carbons (Fsp3) is 0.429. The van der Waals surface area contributed by atoms with Gasteiger partial charge in [0.1, 0.15) is 8.07 Å². The zero-order chi connectivity index (χ0) is 12.7. The quantitative estimate of drug-likeness (QED) is 0.594. The second kappa shape index (κ2) is 6.66. The summed E-state index contributed by atoms with van der Waals surface area (Å²) in [7, 11) is -1.78. The number of unbranched alkanes of at least 4 members (excludes halogenated alkanes) is 2. The SMILES string of the molecule is [2H]/C(=C/CCCCO)[Si](C)(C)c1ccccc1. The lowest BCUT2D eigenvalue weighted by Gasteiger charge is -2.18. The number of allylic oxidation sites excluding steroid dienone is 1. The van der Waals surface area contributed by atoms with Crippen molar-refractivity contribution in [1.82, 2.24) is 0 Å². The molecular formula is C14H22OSi. The van der Waals surface area contributed by atoms with E-state index < -0.39 is 8.07 Å². The smallest absolute Gasteiger partial charge is 0.103 e. The first kappa shape index (κ1) is 11.6. The van der Waals surface area contributed by atoms with Crippen LogP contribution in [0, 0.1) is 0 Å². The van der Waals surface area contributed by atoms with Gasteiger partial charge >= 0.3 is 0 Å². The minimum atomic E-state index is -1.78. The molecule has 0 fully saturated rings. The van der Waals surface area contributed by atoms with Crippen molar-refractivity contribution in [2.45, 2.75) is 32.4 Å². The topological polar surface area (TPSA) is 20.2 Å². The van der Waals surface area contributed by atoms with Crippen molar-refractivity contribution in [2.75, 3.05) is 6.61 Å². The van der Waals surface area contributed by atoms with Crippen molar-refractivity contribution in [3.8, 4) is 0 Å². The van der Waals surface area contributed by atoms with E-state index in [-0.39, 0.29) is 6.61 Å². The van der Waals surface area contributed by atoms with Crippen LogP contribution in [0.3, 0.4) is 0 Å². The summed E-state index contributed by atoms with van der Waals surface area (Å²) >= 11 is 0. The number of aliphatic hydroxyl groups is 1. The van der Waals surface area contributed by atoms with Gasteiger partial charge in [0.15, 0.2) is 0 Å². The zero-order valence-corrected chi connectivity index (χ0v) is 11.2. The molecule has 0 aliphatic heterocycles. The van der Waals surface area contributed by atoms with E-state index in [4.69, 9.17) is 6.48 Å². The largest absolute Gasteiger partial charge is 0.396 e. The van der Waals surface area contributed by atoms with Gasteiger partial charge in [-0.05, 0) is 19.3 Å². The molecule has 0 spiro atoms. The molecule has 88 valence electrons. The monoisotopic (exact) mass is 235 g/mol. The molecule has 1 rings (SSSR count). The van der Waals surface area contributed by atoms with Crippen LogP contribution in [0.5, 0.6) is 0 Å². The highest BCUT2D eigenvalue weighted by Crippen LogP contribution is 2.06. The Hall–Kier alpha value is -0.863. The average molecular weight is 235 g/mol. The van der Waals surface area contributed by atoms with Gasteiger partial charge in [-0.15, -0.1) is 0 Å². The number of hydrogen-bond donors (Lipinski definition) is 1. The van der Waals surface area contributed by atoms with Gasteiger partial charge in [-0.25, -0.2) is 0 Å². The van der Waals surface area contributed by atoms with Crippen LogP contribution in [0.25, 0.3) is 0 Å². The summed E-state index contributed by atoms with van der Waals surface area (Å²) in [5.41, 5.74) is 0.793. The molecule has 0 atom stereocenters. The minimum Gasteiger partial charge on any atom is -0.396 e. The summed E-state index contributed by atoms with van der Waals surface area (Å²) in [6.07, 6.45) is 4.74. The molecule has 0 amide bonds. The molecule has 0 aliphatic rings. The van der Waals surface area contributed by atoms with E-state index in [1.807, 2.05) is 24.3 Å². The van der Waals surface area contributed by atoms with Crippen LogP contribution in [0.15, 0.2) is 42.1 Å². The third-order valence-corrected chi connectivity index (χ3v) is 5.42. The minimum absolute atomic E-state index is 0.251. The lowest BCUT2D eigenvalue weighted by atomic mass is 10.2. The molecule has 0 aliphatic carbocycles. The Bertz CT molecular complexity index is 360. The van der Waals surface area contributed by atoms with Crippen molar-refractivity contribution in [2.24, 2.45) is 0 Å². The molecule has 0 saturated carbocycles. The molecular weight excluding hydrogens is 212 g/mol. The van der Waals surface area contributed by atoms with Gasteiger partial charge in [0, 0.05) is 6.61 Å². The molecule has 0 aromatic heterocycles. The first-order valence-corrected chi connectivity index (χ1v) is 8.92. The van der Waals surface area contributed by atoms with E-state index in [1.54, 1.807) is 0 Å². The van der Waals surface area contributed by atoms with E-state index in [1.165, 1.54) is 5.19 Å². The normalized spacial score (nSPS) is 13.7. The molecule has 0 radical (unpaired) electrons. The summed E-state index contributed by atoms with van der Waals surface area (Å²) in [6.45, 7) is 4.68. The van der Waals surface area contributed by atoms with Crippen LogP contribution in [-0.2, 0) is 0 Å². The fourth-order valence-corrected chi connectivity index (χ4v) is 3.47. The summed E-state index contributed by atoms with van der Waals surface area (Å²) in [6, 6.07) is 10.4. The number of benzene rings is 1. The Morgan fingerprint density at radius 1 is 1.25 bits per heavy atom. The van der Waals surface area contributed by atoms with Crippen LogP contribution in [0.2, 0.25) is 13.1 Å². The molecule has 1 aromatic rings. The number of hydrogen-bond acceptors (Lipinski definition) is 1.